The quantitative estimate of drug-likeness (QED) is 0.495. The van der Waals surface area contributed by atoms with Gasteiger partial charge in [0.2, 0.25) is 5.91 Å². The molecule has 0 spiro atoms. The summed E-state index contributed by atoms with van der Waals surface area (Å²) in [5, 5.41) is 25.0. The first kappa shape index (κ1) is 17.9. The minimum Gasteiger partial charge on any atom is -0.480 e. The number of rotatable bonds is 8. The van der Waals surface area contributed by atoms with Crippen molar-refractivity contribution < 1.29 is 19.6 Å². The third kappa shape index (κ3) is 5.30. The Balaban J connectivity index is 2.77. The standard InChI is InChI=1S/C13H16ClN3O5/c1-2-5-15-11(13(19)20)7-12(18)16-10-6-8(17(21)22)3-4-9(10)14/h3-4,6,11,15H,2,5,7H2,1H3,(H,16,18)(H,19,20). The van der Waals surface area contributed by atoms with E-state index in [1.807, 2.05) is 6.92 Å². The van der Waals surface area contributed by atoms with Crippen LogP contribution in [0.3, 0.4) is 0 Å². The zero-order valence-electron chi connectivity index (χ0n) is 11.8. The summed E-state index contributed by atoms with van der Waals surface area (Å²) in [6, 6.07) is 2.59. The fourth-order valence-corrected chi connectivity index (χ4v) is 1.84. The monoisotopic (exact) mass is 329 g/mol. The Morgan fingerprint density at radius 1 is 1.45 bits per heavy atom. The SMILES string of the molecule is CCCNC(CC(=O)Nc1cc([N+](=O)[O-])ccc1Cl)C(=O)O. The van der Waals surface area contributed by atoms with Crippen molar-refractivity contribution in [3.05, 3.63) is 33.3 Å². The summed E-state index contributed by atoms with van der Waals surface area (Å²) in [6.45, 7) is 2.33. The molecule has 1 atom stereocenters. The van der Waals surface area contributed by atoms with Gasteiger partial charge in [0.1, 0.15) is 6.04 Å². The molecule has 3 N–H and O–H groups in total. The van der Waals surface area contributed by atoms with Gasteiger partial charge in [-0.05, 0) is 19.0 Å². The van der Waals surface area contributed by atoms with E-state index in [0.717, 1.165) is 12.5 Å². The number of aliphatic carboxylic acids is 1. The molecule has 0 heterocycles. The van der Waals surface area contributed by atoms with E-state index in [2.05, 4.69) is 10.6 Å². The van der Waals surface area contributed by atoms with Gasteiger partial charge < -0.3 is 15.7 Å². The Kier molecular flexibility index (Phi) is 6.74. The second kappa shape index (κ2) is 8.30. The van der Waals surface area contributed by atoms with Crippen LogP contribution < -0.4 is 10.6 Å². The Hall–Kier alpha value is -2.19. The van der Waals surface area contributed by atoms with Gasteiger partial charge in [-0.25, -0.2) is 0 Å². The molecule has 0 bridgehead atoms. The van der Waals surface area contributed by atoms with E-state index in [9.17, 15) is 19.7 Å². The number of non-ortho nitro benzene ring substituents is 1. The van der Waals surface area contributed by atoms with Crippen molar-refractivity contribution in [2.75, 3.05) is 11.9 Å². The number of nitrogens with zero attached hydrogens (tertiary/aromatic N) is 1. The minimum absolute atomic E-state index is 0.0699. The molecular weight excluding hydrogens is 314 g/mol. The van der Waals surface area contributed by atoms with E-state index < -0.39 is 22.8 Å². The van der Waals surface area contributed by atoms with Crippen molar-refractivity contribution in [1.29, 1.82) is 0 Å². The summed E-state index contributed by atoms with van der Waals surface area (Å²) >= 11 is 5.86. The van der Waals surface area contributed by atoms with Crippen LogP contribution in [0.2, 0.25) is 5.02 Å². The highest BCUT2D eigenvalue weighted by molar-refractivity contribution is 6.33. The van der Waals surface area contributed by atoms with Crippen LogP contribution in [0.4, 0.5) is 11.4 Å². The topological polar surface area (TPSA) is 122 Å². The molecule has 1 rings (SSSR count). The summed E-state index contributed by atoms with van der Waals surface area (Å²) in [5.74, 6) is -1.74. The lowest BCUT2D eigenvalue weighted by atomic mass is 10.2. The molecule has 8 nitrogen and oxygen atoms in total. The Bertz CT molecular complexity index is 579. The predicted molar refractivity (Wildman–Crippen MR) is 81.1 cm³/mol. The number of hydrogen-bond acceptors (Lipinski definition) is 5. The molecule has 1 amide bonds. The van der Waals surface area contributed by atoms with Crippen molar-refractivity contribution in [2.45, 2.75) is 25.8 Å². The van der Waals surface area contributed by atoms with Crippen LogP contribution in [0.15, 0.2) is 18.2 Å². The van der Waals surface area contributed by atoms with E-state index in [0.29, 0.717) is 6.54 Å². The second-order valence-corrected chi connectivity index (χ2v) is 4.93. The van der Waals surface area contributed by atoms with Crippen molar-refractivity contribution in [1.82, 2.24) is 5.32 Å². The van der Waals surface area contributed by atoms with Crippen LogP contribution in [-0.4, -0.2) is 34.5 Å². The highest BCUT2D eigenvalue weighted by Crippen LogP contribution is 2.26. The Morgan fingerprint density at radius 3 is 2.68 bits per heavy atom. The Labute approximate surface area is 131 Å². The van der Waals surface area contributed by atoms with E-state index in [1.165, 1.54) is 12.1 Å². The number of anilines is 1. The lowest BCUT2D eigenvalue weighted by molar-refractivity contribution is -0.384. The summed E-state index contributed by atoms with van der Waals surface area (Å²) in [4.78, 5) is 33.0. The minimum atomic E-state index is -1.14. The summed E-state index contributed by atoms with van der Waals surface area (Å²) in [6.07, 6.45) is 0.413. The van der Waals surface area contributed by atoms with E-state index >= 15 is 0 Å². The molecule has 120 valence electrons. The third-order valence-electron chi connectivity index (χ3n) is 2.76. The van der Waals surface area contributed by atoms with Gasteiger partial charge in [-0.1, -0.05) is 18.5 Å². The van der Waals surface area contributed by atoms with Crippen molar-refractivity contribution in [3.63, 3.8) is 0 Å². The van der Waals surface area contributed by atoms with Crippen LogP contribution in [0, 0.1) is 10.1 Å². The lowest BCUT2D eigenvalue weighted by Crippen LogP contribution is -2.40. The van der Waals surface area contributed by atoms with Gasteiger partial charge >= 0.3 is 5.97 Å². The van der Waals surface area contributed by atoms with E-state index in [4.69, 9.17) is 16.7 Å². The molecule has 0 saturated heterocycles. The van der Waals surface area contributed by atoms with E-state index in [1.54, 1.807) is 0 Å². The largest absolute Gasteiger partial charge is 0.480 e. The number of amides is 1. The maximum absolute atomic E-state index is 11.9. The van der Waals surface area contributed by atoms with Gasteiger partial charge in [-0.2, -0.15) is 0 Å². The zero-order valence-corrected chi connectivity index (χ0v) is 12.6. The van der Waals surface area contributed by atoms with Crippen LogP contribution in [0.1, 0.15) is 19.8 Å². The molecule has 0 saturated carbocycles. The molecule has 1 unspecified atom stereocenters. The number of carbonyl (C=O) groups excluding carboxylic acids is 1. The molecule has 9 heteroatoms. The second-order valence-electron chi connectivity index (χ2n) is 4.52. The van der Waals surface area contributed by atoms with Gasteiger partial charge in [0.05, 0.1) is 22.1 Å². The normalized spacial score (nSPS) is 11.7. The smallest absolute Gasteiger partial charge is 0.321 e. The first-order valence-corrected chi connectivity index (χ1v) is 6.93. The molecule has 0 aromatic heterocycles. The zero-order chi connectivity index (χ0) is 16.7. The van der Waals surface area contributed by atoms with Crippen LogP contribution in [-0.2, 0) is 9.59 Å². The van der Waals surface area contributed by atoms with Crippen LogP contribution in [0.25, 0.3) is 0 Å². The highest BCUT2D eigenvalue weighted by Gasteiger charge is 2.21. The average molecular weight is 330 g/mol. The number of carboxylic acids is 1. The maximum Gasteiger partial charge on any atom is 0.321 e. The van der Waals surface area contributed by atoms with Gasteiger partial charge in [0.25, 0.3) is 5.69 Å². The maximum atomic E-state index is 11.9. The number of halogens is 1. The van der Waals surface area contributed by atoms with Gasteiger partial charge in [-0.3, -0.25) is 19.7 Å². The first-order valence-electron chi connectivity index (χ1n) is 6.55. The number of carbonyl (C=O) groups is 2. The fraction of sp³-hybridized carbons (Fsp3) is 0.385. The fourth-order valence-electron chi connectivity index (χ4n) is 1.67. The molecule has 22 heavy (non-hydrogen) atoms. The number of benzene rings is 1. The molecule has 0 aliphatic carbocycles. The first-order chi connectivity index (χ1) is 10.3. The molecule has 1 aromatic carbocycles. The van der Waals surface area contributed by atoms with Crippen LogP contribution in [0.5, 0.6) is 0 Å². The van der Waals surface area contributed by atoms with Crippen LogP contribution >= 0.6 is 11.6 Å². The number of nitro benzene ring substituents is 1. The summed E-state index contributed by atoms with van der Waals surface area (Å²) < 4.78 is 0. The lowest BCUT2D eigenvalue weighted by Gasteiger charge is -2.14. The molecular formula is C13H16ClN3O5. The van der Waals surface area contributed by atoms with Gasteiger partial charge in [-0.15, -0.1) is 0 Å². The van der Waals surface area contributed by atoms with Crippen molar-refractivity contribution in [3.8, 4) is 0 Å². The number of hydrogen-bond donors (Lipinski definition) is 3. The molecule has 1 aromatic rings. The summed E-state index contributed by atoms with van der Waals surface area (Å²) in [7, 11) is 0. The molecule has 0 aliphatic heterocycles. The number of carboxylic acid groups (broad SMARTS) is 1. The van der Waals surface area contributed by atoms with Crippen molar-refractivity contribution >= 4 is 34.9 Å². The average Bonchev–Trinajstić information content (AvgIpc) is 2.45. The van der Waals surface area contributed by atoms with E-state index in [-0.39, 0.29) is 22.8 Å². The highest BCUT2D eigenvalue weighted by atomic mass is 35.5. The summed E-state index contributed by atoms with van der Waals surface area (Å²) in [5.41, 5.74) is -0.154. The van der Waals surface area contributed by atoms with Crippen molar-refractivity contribution in [2.24, 2.45) is 0 Å². The molecule has 0 radical (unpaired) electrons. The molecule has 0 fully saturated rings. The number of nitro groups is 1. The van der Waals surface area contributed by atoms with Gasteiger partial charge in [0, 0.05) is 12.1 Å². The number of nitrogens with one attached hydrogen (secondary N) is 2. The van der Waals surface area contributed by atoms with Gasteiger partial charge in [0.15, 0.2) is 0 Å². The predicted octanol–water partition coefficient (Wildman–Crippen LogP) is 2.03. The third-order valence-corrected chi connectivity index (χ3v) is 3.09. The Morgan fingerprint density at radius 2 is 2.14 bits per heavy atom. The molecule has 0 aliphatic rings.